The van der Waals surface area contributed by atoms with Crippen molar-refractivity contribution in [3.63, 3.8) is 0 Å². The van der Waals surface area contributed by atoms with Crippen molar-refractivity contribution in [2.24, 2.45) is 0 Å². The van der Waals surface area contributed by atoms with Crippen molar-refractivity contribution in [2.45, 2.75) is 12.8 Å². The number of hydrogen-bond acceptors (Lipinski definition) is 3. The van der Waals surface area contributed by atoms with Crippen LogP contribution in [0.15, 0.2) is 57.7 Å². The summed E-state index contributed by atoms with van der Waals surface area (Å²) in [5.41, 5.74) is -0.557. The maximum Gasteiger partial charge on any atom is 0.344 e. The third-order valence-electron chi connectivity index (χ3n) is 3.41. The number of hydrogen-bond donors (Lipinski definition) is 1. The number of halogens is 2. The first-order chi connectivity index (χ1) is 10.4. The number of alkyl halides is 2. The molecular weight excluding hydrogens is 290 g/mol. The summed E-state index contributed by atoms with van der Waals surface area (Å²) in [5, 5.41) is 9.94. The molecule has 112 valence electrons. The average molecular weight is 302 g/mol. The summed E-state index contributed by atoms with van der Waals surface area (Å²) in [6.07, 6.45) is 0. The van der Waals surface area contributed by atoms with Crippen LogP contribution in [0, 0.1) is 0 Å². The molecule has 3 rings (SSSR count). The Bertz CT molecular complexity index is 908. The zero-order valence-corrected chi connectivity index (χ0v) is 11.6. The maximum absolute atomic E-state index is 13.7. The number of aromatic hydroxyl groups is 1. The quantitative estimate of drug-likeness (QED) is 0.719. The van der Waals surface area contributed by atoms with Gasteiger partial charge >= 0.3 is 5.63 Å². The van der Waals surface area contributed by atoms with E-state index < -0.39 is 11.5 Å². The molecule has 0 saturated carbocycles. The lowest BCUT2D eigenvalue weighted by molar-refractivity contribution is 0.0181. The molecule has 0 saturated heterocycles. The highest BCUT2D eigenvalue weighted by Crippen LogP contribution is 2.35. The van der Waals surface area contributed by atoms with Gasteiger partial charge in [-0.05, 0) is 23.8 Å². The summed E-state index contributed by atoms with van der Waals surface area (Å²) < 4.78 is 32.6. The molecule has 5 heteroatoms. The van der Waals surface area contributed by atoms with Crippen molar-refractivity contribution in [3.8, 4) is 16.9 Å². The van der Waals surface area contributed by atoms with Gasteiger partial charge in [-0.15, -0.1) is 0 Å². The molecule has 0 atom stereocenters. The number of fused-ring (bicyclic) bond motifs is 1. The first-order valence-electron chi connectivity index (χ1n) is 6.61. The zero-order chi connectivity index (χ0) is 15.9. The summed E-state index contributed by atoms with van der Waals surface area (Å²) in [6, 6.07) is 11.6. The summed E-state index contributed by atoms with van der Waals surface area (Å²) in [4.78, 5) is 12.1. The minimum atomic E-state index is -3.08. The lowest BCUT2D eigenvalue weighted by Crippen LogP contribution is -2.12. The Balaban J connectivity index is 2.30. The van der Waals surface area contributed by atoms with Crippen molar-refractivity contribution >= 4 is 11.0 Å². The lowest BCUT2D eigenvalue weighted by atomic mass is 9.97. The summed E-state index contributed by atoms with van der Waals surface area (Å²) in [6.45, 7) is 0.784. The summed E-state index contributed by atoms with van der Waals surface area (Å²) in [5.74, 6) is -3.11. The second kappa shape index (κ2) is 4.94. The Kier molecular flexibility index (Phi) is 3.20. The summed E-state index contributed by atoms with van der Waals surface area (Å²) in [7, 11) is 0. The van der Waals surface area contributed by atoms with E-state index in [1.807, 2.05) is 0 Å². The molecule has 3 nitrogen and oxygen atoms in total. The average Bonchev–Trinajstić information content (AvgIpc) is 2.45. The van der Waals surface area contributed by atoms with E-state index in [1.54, 1.807) is 12.1 Å². The highest BCUT2D eigenvalue weighted by Gasteiger charge is 2.28. The Hall–Kier alpha value is -2.69. The van der Waals surface area contributed by atoms with Gasteiger partial charge in [-0.1, -0.05) is 24.3 Å². The molecule has 0 bridgehead atoms. The third kappa shape index (κ3) is 2.45. The van der Waals surface area contributed by atoms with Gasteiger partial charge in [0.2, 0.25) is 0 Å². The number of phenolic OH excluding ortho intramolecular Hbond substituents is 1. The highest BCUT2D eigenvalue weighted by atomic mass is 19.3. The van der Waals surface area contributed by atoms with Gasteiger partial charge in [-0.3, -0.25) is 0 Å². The van der Waals surface area contributed by atoms with Crippen LogP contribution in [0.2, 0.25) is 0 Å². The standard InChI is InChI=1S/C17H12F2O3/c1-17(18,19)14-5-3-2-4-12(14)13-8-10-6-7-11(20)9-15(10)22-16(13)21/h2-9,20H,1H3. The van der Waals surface area contributed by atoms with Crippen molar-refractivity contribution in [1.29, 1.82) is 0 Å². The third-order valence-corrected chi connectivity index (χ3v) is 3.41. The fourth-order valence-corrected chi connectivity index (χ4v) is 2.39. The second-order valence-electron chi connectivity index (χ2n) is 5.10. The van der Waals surface area contributed by atoms with Gasteiger partial charge in [0.15, 0.2) is 0 Å². The molecule has 0 aliphatic heterocycles. The fraction of sp³-hybridized carbons (Fsp3) is 0.118. The van der Waals surface area contributed by atoms with Gasteiger partial charge < -0.3 is 9.52 Å². The Morgan fingerprint density at radius 2 is 1.77 bits per heavy atom. The largest absolute Gasteiger partial charge is 0.508 e. The van der Waals surface area contributed by atoms with Crippen LogP contribution in [0.3, 0.4) is 0 Å². The van der Waals surface area contributed by atoms with Gasteiger partial charge in [-0.25, -0.2) is 13.6 Å². The van der Waals surface area contributed by atoms with Gasteiger partial charge in [0, 0.05) is 23.9 Å². The molecule has 1 N–H and O–H groups in total. The van der Waals surface area contributed by atoms with E-state index in [0.29, 0.717) is 5.39 Å². The molecule has 0 amide bonds. The molecule has 0 aliphatic rings. The van der Waals surface area contributed by atoms with E-state index in [4.69, 9.17) is 4.42 Å². The van der Waals surface area contributed by atoms with E-state index in [0.717, 1.165) is 6.92 Å². The smallest absolute Gasteiger partial charge is 0.344 e. The molecule has 0 unspecified atom stereocenters. The van der Waals surface area contributed by atoms with Gasteiger partial charge in [0.25, 0.3) is 5.92 Å². The molecule has 0 spiro atoms. The molecular formula is C17H12F2O3. The Morgan fingerprint density at radius 3 is 2.50 bits per heavy atom. The highest BCUT2D eigenvalue weighted by molar-refractivity contribution is 5.83. The zero-order valence-electron chi connectivity index (χ0n) is 11.6. The second-order valence-corrected chi connectivity index (χ2v) is 5.10. The van der Waals surface area contributed by atoms with Crippen LogP contribution < -0.4 is 5.63 Å². The molecule has 22 heavy (non-hydrogen) atoms. The van der Waals surface area contributed by atoms with Gasteiger partial charge in [0.1, 0.15) is 11.3 Å². The Labute approximate surface area is 124 Å². The van der Waals surface area contributed by atoms with Crippen molar-refractivity contribution in [2.75, 3.05) is 0 Å². The molecule has 0 aliphatic carbocycles. The molecule has 0 fully saturated rings. The topological polar surface area (TPSA) is 50.4 Å². The Morgan fingerprint density at radius 1 is 1.05 bits per heavy atom. The summed E-state index contributed by atoms with van der Waals surface area (Å²) >= 11 is 0. The number of phenols is 1. The first kappa shape index (κ1) is 14.3. The van der Waals surface area contributed by atoms with Crippen LogP contribution >= 0.6 is 0 Å². The van der Waals surface area contributed by atoms with Crippen LogP contribution in [0.1, 0.15) is 12.5 Å². The fourth-order valence-electron chi connectivity index (χ4n) is 2.39. The van der Waals surface area contributed by atoms with Crippen molar-refractivity contribution in [3.05, 3.63) is 64.5 Å². The van der Waals surface area contributed by atoms with E-state index in [9.17, 15) is 18.7 Å². The van der Waals surface area contributed by atoms with E-state index in [2.05, 4.69) is 0 Å². The maximum atomic E-state index is 13.7. The lowest BCUT2D eigenvalue weighted by Gasteiger charge is -2.15. The van der Waals surface area contributed by atoms with Crippen molar-refractivity contribution in [1.82, 2.24) is 0 Å². The minimum Gasteiger partial charge on any atom is -0.508 e. The monoisotopic (exact) mass is 302 g/mol. The predicted molar refractivity (Wildman–Crippen MR) is 79.2 cm³/mol. The van der Waals surface area contributed by atoms with Crippen LogP contribution in [-0.4, -0.2) is 5.11 Å². The van der Waals surface area contributed by atoms with Crippen molar-refractivity contribution < 1.29 is 18.3 Å². The van der Waals surface area contributed by atoms with Crippen LogP contribution in [0.5, 0.6) is 5.75 Å². The molecule has 0 radical (unpaired) electrons. The molecule has 2 aromatic carbocycles. The van der Waals surface area contributed by atoms with Gasteiger partial charge in [0.05, 0.1) is 5.56 Å². The number of benzene rings is 2. The molecule has 1 aromatic heterocycles. The molecule has 1 heterocycles. The van der Waals surface area contributed by atoms with E-state index >= 15 is 0 Å². The van der Waals surface area contributed by atoms with Crippen LogP contribution in [0.4, 0.5) is 8.78 Å². The van der Waals surface area contributed by atoms with E-state index in [1.165, 1.54) is 36.4 Å². The predicted octanol–water partition coefficient (Wildman–Crippen LogP) is 4.28. The normalized spacial score (nSPS) is 11.8. The van der Waals surface area contributed by atoms with Gasteiger partial charge in [-0.2, -0.15) is 0 Å². The molecule has 3 aromatic rings. The van der Waals surface area contributed by atoms with Crippen LogP contribution in [0.25, 0.3) is 22.1 Å². The SMILES string of the molecule is CC(F)(F)c1ccccc1-c1cc2ccc(O)cc2oc1=O. The minimum absolute atomic E-state index is 0.0381. The van der Waals surface area contributed by atoms with Crippen LogP contribution in [-0.2, 0) is 5.92 Å². The number of rotatable bonds is 2. The first-order valence-corrected chi connectivity index (χ1v) is 6.61. The van der Waals surface area contributed by atoms with E-state index in [-0.39, 0.29) is 28.0 Å².